The summed E-state index contributed by atoms with van der Waals surface area (Å²) >= 11 is 0. The smallest absolute Gasteiger partial charge is 0.342 e. The van der Waals surface area contributed by atoms with Crippen molar-refractivity contribution in [3.63, 3.8) is 0 Å². The Morgan fingerprint density at radius 1 is 1.24 bits per heavy atom. The first-order chi connectivity index (χ1) is 11.8. The molecule has 1 aliphatic heterocycles. The van der Waals surface area contributed by atoms with E-state index in [2.05, 4.69) is 0 Å². The van der Waals surface area contributed by atoms with Crippen molar-refractivity contribution in [1.29, 1.82) is 0 Å². The maximum absolute atomic E-state index is 12.2. The Morgan fingerprint density at radius 3 is 2.52 bits per heavy atom. The summed E-state index contributed by atoms with van der Waals surface area (Å²) in [5.74, 6) is -0.591. The van der Waals surface area contributed by atoms with E-state index in [1.807, 2.05) is 0 Å². The minimum Gasteiger partial charge on any atom is -0.493 e. The first kappa shape index (κ1) is 19.0. The SMILES string of the molecule is COc1cccc(C(=O)OCC(=O)N(C)[C@H]2CCS(=O)(=O)C2)c1OC. The molecule has 1 amide bonds. The zero-order valence-corrected chi connectivity index (χ0v) is 15.2. The lowest BCUT2D eigenvalue weighted by atomic mass is 10.2. The fourth-order valence-corrected chi connectivity index (χ4v) is 4.41. The van der Waals surface area contributed by atoms with Crippen LogP contribution in [0.25, 0.3) is 0 Å². The second kappa shape index (κ2) is 7.73. The Hall–Kier alpha value is -2.29. The van der Waals surface area contributed by atoms with Crippen LogP contribution in [0.4, 0.5) is 0 Å². The van der Waals surface area contributed by atoms with Gasteiger partial charge in [0, 0.05) is 13.1 Å². The van der Waals surface area contributed by atoms with Crippen LogP contribution in [-0.2, 0) is 19.4 Å². The molecule has 0 saturated carbocycles. The maximum Gasteiger partial charge on any atom is 0.342 e. The highest BCUT2D eigenvalue weighted by atomic mass is 32.2. The standard InChI is InChI=1S/C16H21NO7S/c1-17(11-7-8-25(20,21)10-11)14(18)9-24-16(19)12-5-4-6-13(22-2)15(12)23-3/h4-6,11H,7-10H2,1-3H3/t11-/m0/s1. The number of carbonyl (C=O) groups excluding carboxylic acids is 2. The van der Waals surface area contributed by atoms with Crippen molar-refractivity contribution >= 4 is 21.7 Å². The molecule has 138 valence electrons. The van der Waals surface area contributed by atoms with Crippen LogP contribution >= 0.6 is 0 Å². The minimum atomic E-state index is -3.10. The molecule has 8 nitrogen and oxygen atoms in total. The van der Waals surface area contributed by atoms with Crippen LogP contribution in [0, 0.1) is 0 Å². The Labute approximate surface area is 146 Å². The van der Waals surface area contributed by atoms with E-state index in [0.717, 1.165) is 0 Å². The number of benzene rings is 1. The van der Waals surface area contributed by atoms with Crippen LogP contribution in [-0.4, -0.2) is 70.6 Å². The van der Waals surface area contributed by atoms with Gasteiger partial charge in [0.25, 0.3) is 5.91 Å². The third-order valence-corrected chi connectivity index (χ3v) is 5.85. The van der Waals surface area contributed by atoms with E-state index in [1.165, 1.54) is 32.2 Å². The lowest BCUT2D eigenvalue weighted by Gasteiger charge is -2.23. The highest BCUT2D eigenvalue weighted by molar-refractivity contribution is 7.91. The number of methoxy groups -OCH3 is 2. The number of hydrogen-bond donors (Lipinski definition) is 0. The van der Waals surface area contributed by atoms with Gasteiger partial charge < -0.3 is 19.1 Å². The zero-order valence-electron chi connectivity index (χ0n) is 14.4. The number of likely N-dealkylation sites (N-methyl/N-ethyl adjacent to an activating group) is 1. The zero-order chi connectivity index (χ0) is 18.6. The van der Waals surface area contributed by atoms with Gasteiger partial charge in [-0.3, -0.25) is 4.79 Å². The fourth-order valence-electron chi connectivity index (χ4n) is 2.64. The van der Waals surface area contributed by atoms with E-state index >= 15 is 0 Å². The van der Waals surface area contributed by atoms with E-state index in [4.69, 9.17) is 14.2 Å². The number of carbonyl (C=O) groups is 2. The topological polar surface area (TPSA) is 99.2 Å². The fraction of sp³-hybridized carbons (Fsp3) is 0.500. The average molecular weight is 371 g/mol. The molecule has 0 aromatic heterocycles. The van der Waals surface area contributed by atoms with Gasteiger partial charge in [-0.1, -0.05) is 6.07 Å². The molecule has 0 bridgehead atoms. The van der Waals surface area contributed by atoms with Crippen molar-refractivity contribution in [1.82, 2.24) is 4.90 Å². The molecule has 25 heavy (non-hydrogen) atoms. The molecule has 0 unspecified atom stereocenters. The summed E-state index contributed by atoms with van der Waals surface area (Å²) in [7, 11) is 1.25. The highest BCUT2D eigenvalue weighted by Gasteiger charge is 2.33. The molecule has 1 aromatic carbocycles. The lowest BCUT2D eigenvalue weighted by Crippen LogP contribution is -2.40. The van der Waals surface area contributed by atoms with Crippen LogP contribution in [0.1, 0.15) is 16.8 Å². The molecule has 1 fully saturated rings. The first-order valence-corrected chi connectivity index (χ1v) is 9.45. The number of amides is 1. The lowest BCUT2D eigenvalue weighted by molar-refractivity contribution is -0.134. The van der Waals surface area contributed by atoms with Crippen LogP contribution in [0.5, 0.6) is 11.5 Å². The highest BCUT2D eigenvalue weighted by Crippen LogP contribution is 2.31. The van der Waals surface area contributed by atoms with E-state index in [9.17, 15) is 18.0 Å². The van der Waals surface area contributed by atoms with Crippen LogP contribution in [0.2, 0.25) is 0 Å². The number of hydrogen-bond acceptors (Lipinski definition) is 7. The molecule has 2 rings (SSSR count). The Bertz CT molecular complexity index is 760. The Kier molecular flexibility index (Phi) is 5.89. The molecule has 1 atom stereocenters. The second-order valence-electron chi connectivity index (χ2n) is 5.68. The monoisotopic (exact) mass is 371 g/mol. The van der Waals surface area contributed by atoms with Crippen molar-refractivity contribution in [3.05, 3.63) is 23.8 Å². The molecule has 1 heterocycles. The summed E-state index contributed by atoms with van der Waals surface area (Å²) in [5.41, 5.74) is 0.140. The molecule has 0 N–H and O–H groups in total. The van der Waals surface area contributed by atoms with E-state index < -0.39 is 28.3 Å². The van der Waals surface area contributed by atoms with E-state index in [-0.39, 0.29) is 28.9 Å². The van der Waals surface area contributed by atoms with E-state index in [1.54, 1.807) is 12.1 Å². The molecule has 0 spiro atoms. The number of sulfone groups is 1. The van der Waals surface area contributed by atoms with Gasteiger partial charge in [-0.2, -0.15) is 0 Å². The quantitative estimate of drug-likeness (QED) is 0.672. The molecule has 1 saturated heterocycles. The molecule has 1 aromatic rings. The number of esters is 1. The molecule has 0 radical (unpaired) electrons. The Balaban J connectivity index is 1.99. The summed E-state index contributed by atoms with van der Waals surface area (Å²) in [4.78, 5) is 25.7. The minimum absolute atomic E-state index is 0.0626. The van der Waals surface area contributed by atoms with Gasteiger partial charge in [-0.05, 0) is 18.6 Å². The van der Waals surface area contributed by atoms with Crippen molar-refractivity contribution in [2.24, 2.45) is 0 Å². The predicted molar refractivity (Wildman–Crippen MR) is 89.7 cm³/mol. The second-order valence-corrected chi connectivity index (χ2v) is 7.91. The number of rotatable bonds is 6. The van der Waals surface area contributed by atoms with Gasteiger partial charge >= 0.3 is 5.97 Å². The van der Waals surface area contributed by atoms with Crippen molar-refractivity contribution < 1.29 is 32.2 Å². The normalized spacial score (nSPS) is 18.4. The summed E-state index contributed by atoms with van der Waals surface area (Å²) in [6, 6.07) is 4.36. The average Bonchev–Trinajstić information content (AvgIpc) is 2.97. The van der Waals surface area contributed by atoms with Crippen molar-refractivity contribution in [2.75, 3.05) is 39.4 Å². The Morgan fingerprint density at radius 2 is 1.96 bits per heavy atom. The summed E-state index contributed by atoms with van der Waals surface area (Å²) in [5, 5.41) is 0. The molecule has 1 aliphatic rings. The number of nitrogens with zero attached hydrogens (tertiary/aromatic N) is 1. The van der Waals surface area contributed by atoms with Gasteiger partial charge in [0.2, 0.25) is 0 Å². The van der Waals surface area contributed by atoms with Gasteiger partial charge in [-0.15, -0.1) is 0 Å². The van der Waals surface area contributed by atoms with Crippen molar-refractivity contribution in [3.8, 4) is 11.5 Å². The third-order valence-electron chi connectivity index (χ3n) is 4.10. The molecular weight excluding hydrogens is 350 g/mol. The number of para-hydroxylation sites is 1. The molecular formula is C16H21NO7S. The van der Waals surface area contributed by atoms with Gasteiger partial charge in [0.1, 0.15) is 5.56 Å². The van der Waals surface area contributed by atoms with E-state index in [0.29, 0.717) is 12.2 Å². The van der Waals surface area contributed by atoms with Crippen LogP contribution in [0.15, 0.2) is 18.2 Å². The van der Waals surface area contributed by atoms with Gasteiger partial charge in [0.05, 0.1) is 25.7 Å². The maximum atomic E-state index is 12.2. The third kappa shape index (κ3) is 4.41. The summed E-state index contributed by atoms with van der Waals surface area (Å²) in [6.45, 7) is -0.480. The first-order valence-electron chi connectivity index (χ1n) is 7.63. The number of ether oxygens (including phenoxy) is 3. The van der Waals surface area contributed by atoms with Crippen LogP contribution < -0.4 is 9.47 Å². The van der Waals surface area contributed by atoms with Gasteiger partial charge in [-0.25, -0.2) is 13.2 Å². The largest absolute Gasteiger partial charge is 0.493 e. The van der Waals surface area contributed by atoms with Gasteiger partial charge in [0.15, 0.2) is 27.9 Å². The summed E-state index contributed by atoms with van der Waals surface area (Å²) < 4.78 is 38.3. The molecule has 0 aliphatic carbocycles. The van der Waals surface area contributed by atoms with Crippen molar-refractivity contribution in [2.45, 2.75) is 12.5 Å². The summed E-state index contributed by atoms with van der Waals surface area (Å²) in [6.07, 6.45) is 0.391. The van der Waals surface area contributed by atoms with Crippen LogP contribution in [0.3, 0.4) is 0 Å². The predicted octanol–water partition coefficient (Wildman–Crippen LogP) is 0.506. The molecule has 9 heteroatoms.